The fraction of sp³-hybridized carbons (Fsp3) is 0.250. The predicted molar refractivity (Wildman–Crippen MR) is 122 cm³/mol. The van der Waals surface area contributed by atoms with E-state index in [0.717, 1.165) is 5.56 Å². The molecule has 0 bridgehead atoms. The van der Waals surface area contributed by atoms with Gasteiger partial charge in [0.05, 0.1) is 30.7 Å². The number of rotatable bonds is 6. The van der Waals surface area contributed by atoms with Gasteiger partial charge in [0.15, 0.2) is 5.13 Å². The molecule has 1 aliphatic heterocycles. The van der Waals surface area contributed by atoms with Crippen molar-refractivity contribution in [2.45, 2.75) is 25.3 Å². The number of hydrogen-bond donors (Lipinski definition) is 1. The van der Waals surface area contributed by atoms with Crippen molar-refractivity contribution in [2.24, 2.45) is 0 Å². The van der Waals surface area contributed by atoms with Crippen molar-refractivity contribution < 1.29 is 19.1 Å². The summed E-state index contributed by atoms with van der Waals surface area (Å²) in [7, 11) is 1.72. The predicted octanol–water partition coefficient (Wildman–Crippen LogP) is 3.80. The molecular formula is C24H23N3O4S. The molecule has 4 rings (SSSR count). The highest BCUT2D eigenvalue weighted by Gasteiger charge is 2.42. The number of nitrogens with zero attached hydrogens (tertiary/aromatic N) is 2. The van der Waals surface area contributed by atoms with Crippen LogP contribution in [-0.4, -0.2) is 41.3 Å². The Kier molecular flexibility index (Phi) is 6.32. The lowest BCUT2D eigenvalue weighted by atomic mass is 9.79. The molecule has 2 heterocycles. The average molecular weight is 450 g/mol. The van der Waals surface area contributed by atoms with Crippen LogP contribution in [0.1, 0.15) is 46.1 Å². The number of ether oxygens (including phenoxy) is 1. The van der Waals surface area contributed by atoms with E-state index in [1.165, 1.54) is 11.3 Å². The normalized spacial score (nSPS) is 17.6. The van der Waals surface area contributed by atoms with Crippen LogP contribution >= 0.6 is 11.3 Å². The Morgan fingerprint density at radius 3 is 2.59 bits per heavy atom. The van der Waals surface area contributed by atoms with Gasteiger partial charge < -0.3 is 15.0 Å². The van der Waals surface area contributed by atoms with Crippen molar-refractivity contribution >= 4 is 34.3 Å². The zero-order valence-electron chi connectivity index (χ0n) is 17.8. The molecule has 1 aromatic heterocycles. The summed E-state index contributed by atoms with van der Waals surface area (Å²) in [5, 5.41) is 5.02. The Labute approximate surface area is 190 Å². The first-order chi connectivity index (χ1) is 15.5. The number of amides is 2. The third-order valence-corrected chi connectivity index (χ3v) is 6.22. The maximum absolute atomic E-state index is 13.5. The lowest BCUT2D eigenvalue weighted by Gasteiger charge is -2.39. The Balaban J connectivity index is 1.65. The highest BCUT2D eigenvalue weighted by Crippen LogP contribution is 2.42. The zero-order valence-corrected chi connectivity index (χ0v) is 18.6. The number of fused-ring (bicyclic) bond motifs is 1. The van der Waals surface area contributed by atoms with Gasteiger partial charge in [-0.25, -0.2) is 4.98 Å². The minimum atomic E-state index is -0.617. The number of likely N-dealkylation sites (N-methyl/N-ethyl adjacent to an activating group) is 1. The minimum absolute atomic E-state index is 0.0519. The summed E-state index contributed by atoms with van der Waals surface area (Å²) in [5.41, 5.74) is 2.62. The van der Waals surface area contributed by atoms with Crippen LogP contribution in [0.2, 0.25) is 0 Å². The third kappa shape index (κ3) is 4.27. The smallest absolute Gasteiger partial charge is 0.311 e. The maximum Gasteiger partial charge on any atom is 0.311 e. The molecule has 8 heteroatoms. The van der Waals surface area contributed by atoms with Gasteiger partial charge in [-0.1, -0.05) is 48.5 Å². The first-order valence-corrected chi connectivity index (χ1v) is 11.2. The van der Waals surface area contributed by atoms with Gasteiger partial charge in [-0.3, -0.25) is 14.4 Å². The summed E-state index contributed by atoms with van der Waals surface area (Å²) in [6.45, 7) is 2.05. The first kappa shape index (κ1) is 21.7. The summed E-state index contributed by atoms with van der Waals surface area (Å²) in [6.07, 6.45) is 0.0519. The molecule has 2 atom stereocenters. The number of esters is 1. The molecule has 0 aliphatic carbocycles. The van der Waals surface area contributed by atoms with Gasteiger partial charge in [-0.15, -0.1) is 11.3 Å². The minimum Gasteiger partial charge on any atom is -0.466 e. The molecule has 0 spiro atoms. The highest BCUT2D eigenvalue weighted by molar-refractivity contribution is 7.13. The highest BCUT2D eigenvalue weighted by atomic mass is 32.1. The zero-order chi connectivity index (χ0) is 22.7. The SMILES string of the molecule is CCOC(=O)Cc1csc(NC(=O)[C@@H]2c3ccccc3C(=O)N(C)[C@@H]2c2ccccc2)n1. The fourth-order valence-corrected chi connectivity index (χ4v) is 4.73. The molecule has 7 nitrogen and oxygen atoms in total. The number of carbonyl (C=O) groups is 3. The lowest BCUT2D eigenvalue weighted by Crippen LogP contribution is -2.44. The quantitative estimate of drug-likeness (QED) is 0.579. The van der Waals surface area contributed by atoms with Gasteiger partial charge in [0.2, 0.25) is 5.91 Å². The molecule has 2 aromatic carbocycles. The van der Waals surface area contributed by atoms with Crippen LogP contribution in [0.25, 0.3) is 0 Å². The first-order valence-electron chi connectivity index (χ1n) is 10.3. The monoisotopic (exact) mass is 449 g/mol. The number of thiazole rings is 1. The van der Waals surface area contributed by atoms with E-state index in [-0.39, 0.29) is 24.2 Å². The van der Waals surface area contributed by atoms with E-state index in [2.05, 4.69) is 10.3 Å². The Bertz CT molecular complexity index is 1140. The summed E-state index contributed by atoms with van der Waals surface area (Å²) in [6, 6.07) is 16.3. The second-order valence-corrected chi connectivity index (χ2v) is 8.31. The number of nitrogens with one attached hydrogen (secondary N) is 1. The van der Waals surface area contributed by atoms with Crippen molar-refractivity contribution in [1.29, 1.82) is 0 Å². The maximum atomic E-state index is 13.5. The third-order valence-electron chi connectivity index (χ3n) is 5.42. The molecule has 164 valence electrons. The van der Waals surface area contributed by atoms with Gasteiger partial charge in [0, 0.05) is 18.0 Å². The number of carbonyl (C=O) groups excluding carboxylic acids is 3. The molecule has 0 fully saturated rings. The molecule has 1 N–H and O–H groups in total. The topological polar surface area (TPSA) is 88.6 Å². The Morgan fingerprint density at radius 1 is 1.12 bits per heavy atom. The van der Waals surface area contributed by atoms with Crippen LogP contribution in [0.15, 0.2) is 60.0 Å². The van der Waals surface area contributed by atoms with Crippen LogP contribution in [0.4, 0.5) is 5.13 Å². The van der Waals surface area contributed by atoms with Crippen LogP contribution in [0, 0.1) is 0 Å². The molecule has 0 saturated heterocycles. The van der Waals surface area contributed by atoms with Crippen molar-refractivity contribution in [1.82, 2.24) is 9.88 Å². The van der Waals surface area contributed by atoms with Crippen molar-refractivity contribution in [2.75, 3.05) is 19.0 Å². The van der Waals surface area contributed by atoms with E-state index in [1.807, 2.05) is 42.5 Å². The second-order valence-electron chi connectivity index (χ2n) is 7.45. The lowest BCUT2D eigenvalue weighted by molar-refractivity contribution is -0.142. The summed E-state index contributed by atoms with van der Waals surface area (Å²) < 4.78 is 4.96. The Morgan fingerprint density at radius 2 is 1.84 bits per heavy atom. The Hall–Kier alpha value is -3.52. The molecule has 1 aliphatic rings. The van der Waals surface area contributed by atoms with Crippen molar-refractivity contribution in [3.05, 3.63) is 82.4 Å². The fourth-order valence-electron chi connectivity index (χ4n) is 4.01. The van der Waals surface area contributed by atoms with E-state index in [4.69, 9.17) is 4.74 Å². The number of anilines is 1. The van der Waals surface area contributed by atoms with Crippen molar-refractivity contribution in [3.8, 4) is 0 Å². The van der Waals surface area contributed by atoms with Gasteiger partial charge >= 0.3 is 5.97 Å². The molecule has 0 unspecified atom stereocenters. The molecular weight excluding hydrogens is 426 g/mol. The summed E-state index contributed by atoms with van der Waals surface area (Å²) >= 11 is 1.25. The van der Waals surface area contributed by atoms with E-state index in [0.29, 0.717) is 28.6 Å². The van der Waals surface area contributed by atoms with Gasteiger partial charge in [0.1, 0.15) is 0 Å². The largest absolute Gasteiger partial charge is 0.466 e. The van der Waals surface area contributed by atoms with E-state index < -0.39 is 12.0 Å². The van der Waals surface area contributed by atoms with Gasteiger partial charge in [-0.2, -0.15) is 0 Å². The van der Waals surface area contributed by atoms with Gasteiger partial charge in [-0.05, 0) is 24.1 Å². The number of aromatic nitrogens is 1. The molecule has 3 aromatic rings. The molecule has 0 radical (unpaired) electrons. The summed E-state index contributed by atoms with van der Waals surface area (Å²) in [4.78, 5) is 44.2. The molecule has 2 amide bonds. The van der Waals surface area contributed by atoms with Crippen LogP contribution < -0.4 is 5.32 Å². The van der Waals surface area contributed by atoms with E-state index >= 15 is 0 Å². The number of hydrogen-bond acceptors (Lipinski definition) is 6. The van der Waals surface area contributed by atoms with Crippen LogP contribution in [0.3, 0.4) is 0 Å². The van der Waals surface area contributed by atoms with Crippen LogP contribution in [-0.2, 0) is 20.7 Å². The van der Waals surface area contributed by atoms with E-state index in [9.17, 15) is 14.4 Å². The van der Waals surface area contributed by atoms with Crippen molar-refractivity contribution in [3.63, 3.8) is 0 Å². The molecule has 32 heavy (non-hydrogen) atoms. The van der Waals surface area contributed by atoms with Crippen LogP contribution in [0.5, 0.6) is 0 Å². The summed E-state index contributed by atoms with van der Waals surface area (Å²) in [5.74, 6) is -1.36. The average Bonchev–Trinajstić information content (AvgIpc) is 3.23. The van der Waals surface area contributed by atoms with E-state index in [1.54, 1.807) is 36.4 Å². The van der Waals surface area contributed by atoms with Gasteiger partial charge in [0.25, 0.3) is 5.91 Å². The number of benzene rings is 2. The molecule has 0 saturated carbocycles. The second kappa shape index (κ2) is 9.32. The standard InChI is InChI=1S/C24H23N3O4S/c1-3-31-19(28)13-16-14-32-24(25-16)26-22(29)20-17-11-7-8-12-18(17)23(30)27(2)21(20)15-9-5-4-6-10-15/h4-12,14,20-21H,3,13H2,1-2H3,(H,25,26,29)/t20-,21-/m1/s1.